The molecular formula is C27H29N3O3S. The maximum absolute atomic E-state index is 12.6. The van der Waals surface area contributed by atoms with Gasteiger partial charge in [0.15, 0.2) is 5.11 Å². The molecule has 0 aromatic heterocycles. The topological polar surface area (TPSA) is 79.5 Å². The van der Waals surface area contributed by atoms with Crippen LogP contribution in [0.4, 0.5) is 5.69 Å². The number of ether oxygens (including phenoxy) is 1. The van der Waals surface area contributed by atoms with Crippen molar-refractivity contribution in [2.45, 2.75) is 26.8 Å². The predicted octanol–water partition coefficient (Wildman–Crippen LogP) is 5.17. The number of benzene rings is 3. The van der Waals surface area contributed by atoms with E-state index in [0.29, 0.717) is 41.6 Å². The summed E-state index contributed by atoms with van der Waals surface area (Å²) in [7, 11) is 0. The zero-order valence-corrected chi connectivity index (χ0v) is 20.2. The Labute approximate surface area is 205 Å². The molecule has 3 rings (SSSR count). The van der Waals surface area contributed by atoms with Crippen LogP contribution >= 0.6 is 12.2 Å². The lowest BCUT2D eigenvalue weighted by molar-refractivity contribution is 0.0948. The average molecular weight is 476 g/mol. The van der Waals surface area contributed by atoms with Crippen LogP contribution in [-0.2, 0) is 6.54 Å². The summed E-state index contributed by atoms with van der Waals surface area (Å²) in [5.74, 6) is 0.644. The number of hydrogen-bond acceptors (Lipinski definition) is 4. The average Bonchev–Trinajstić information content (AvgIpc) is 2.83. The Bertz CT molecular complexity index is 1130. The summed E-state index contributed by atoms with van der Waals surface area (Å²) in [6.45, 7) is 5.30. The summed E-state index contributed by atoms with van der Waals surface area (Å²) >= 11 is 5.29. The SMILES string of the molecule is CC(C)CCOc1cccc(C(=O)NC(=S)Nc2cccc(C(=O)NCc3ccccc3)c2)c1. The number of hydrogen-bond donors (Lipinski definition) is 3. The Morgan fingerprint density at radius 1 is 0.882 bits per heavy atom. The van der Waals surface area contributed by atoms with Crippen LogP contribution in [0.3, 0.4) is 0 Å². The van der Waals surface area contributed by atoms with Gasteiger partial charge in [-0.05, 0) is 66.5 Å². The molecule has 3 N–H and O–H groups in total. The molecule has 2 amide bonds. The van der Waals surface area contributed by atoms with Gasteiger partial charge < -0.3 is 15.4 Å². The van der Waals surface area contributed by atoms with Crippen molar-refractivity contribution >= 4 is 34.8 Å². The molecule has 0 aliphatic rings. The van der Waals surface area contributed by atoms with Crippen molar-refractivity contribution in [3.63, 3.8) is 0 Å². The Hall–Kier alpha value is -3.71. The van der Waals surface area contributed by atoms with Gasteiger partial charge in [0.05, 0.1) is 6.61 Å². The fraction of sp³-hybridized carbons (Fsp3) is 0.222. The van der Waals surface area contributed by atoms with E-state index in [9.17, 15) is 9.59 Å². The van der Waals surface area contributed by atoms with Crippen molar-refractivity contribution in [1.29, 1.82) is 0 Å². The normalized spacial score (nSPS) is 10.4. The number of carbonyl (C=O) groups is 2. The summed E-state index contributed by atoms with van der Waals surface area (Å²) in [6.07, 6.45) is 0.938. The first kappa shape index (κ1) is 24.9. The predicted molar refractivity (Wildman–Crippen MR) is 139 cm³/mol. The molecule has 0 aliphatic heterocycles. The second-order valence-electron chi connectivity index (χ2n) is 8.22. The highest BCUT2D eigenvalue weighted by molar-refractivity contribution is 7.80. The molecule has 0 atom stereocenters. The Morgan fingerprint density at radius 2 is 1.59 bits per heavy atom. The zero-order chi connectivity index (χ0) is 24.3. The van der Waals surface area contributed by atoms with E-state index in [4.69, 9.17) is 17.0 Å². The number of amides is 2. The minimum atomic E-state index is -0.344. The van der Waals surface area contributed by atoms with Crippen LogP contribution in [0.2, 0.25) is 0 Å². The van der Waals surface area contributed by atoms with E-state index < -0.39 is 0 Å². The minimum absolute atomic E-state index is 0.137. The molecule has 3 aromatic carbocycles. The molecule has 0 unspecified atom stereocenters. The molecule has 0 bridgehead atoms. The molecule has 0 heterocycles. The molecule has 0 spiro atoms. The molecular weight excluding hydrogens is 446 g/mol. The highest BCUT2D eigenvalue weighted by atomic mass is 32.1. The van der Waals surface area contributed by atoms with Gasteiger partial charge in [-0.1, -0.05) is 56.3 Å². The van der Waals surface area contributed by atoms with Gasteiger partial charge in [0.1, 0.15) is 5.75 Å². The molecule has 176 valence electrons. The van der Waals surface area contributed by atoms with Crippen LogP contribution in [0.15, 0.2) is 78.9 Å². The number of nitrogens with one attached hydrogen (secondary N) is 3. The van der Waals surface area contributed by atoms with Crippen LogP contribution in [-0.4, -0.2) is 23.5 Å². The molecule has 0 fully saturated rings. The van der Waals surface area contributed by atoms with Crippen molar-refractivity contribution in [2.75, 3.05) is 11.9 Å². The van der Waals surface area contributed by atoms with E-state index in [1.165, 1.54) is 0 Å². The fourth-order valence-electron chi connectivity index (χ4n) is 3.10. The maximum Gasteiger partial charge on any atom is 0.257 e. The van der Waals surface area contributed by atoms with Gasteiger partial charge in [0.2, 0.25) is 0 Å². The van der Waals surface area contributed by atoms with E-state index in [-0.39, 0.29) is 16.9 Å². The lowest BCUT2D eigenvalue weighted by Crippen LogP contribution is -2.34. The highest BCUT2D eigenvalue weighted by Gasteiger charge is 2.11. The Balaban J connectivity index is 1.53. The smallest absolute Gasteiger partial charge is 0.257 e. The van der Waals surface area contributed by atoms with Gasteiger partial charge in [-0.3, -0.25) is 14.9 Å². The summed E-state index contributed by atoms with van der Waals surface area (Å²) in [5, 5.41) is 8.66. The summed E-state index contributed by atoms with van der Waals surface area (Å²) in [6, 6.07) is 23.6. The molecule has 34 heavy (non-hydrogen) atoms. The number of rotatable bonds is 9. The van der Waals surface area contributed by atoms with Gasteiger partial charge in [0, 0.05) is 23.4 Å². The second-order valence-corrected chi connectivity index (χ2v) is 8.62. The van der Waals surface area contributed by atoms with E-state index in [1.54, 1.807) is 42.5 Å². The first-order valence-corrected chi connectivity index (χ1v) is 11.6. The number of carbonyl (C=O) groups excluding carboxylic acids is 2. The first-order valence-electron chi connectivity index (χ1n) is 11.2. The largest absolute Gasteiger partial charge is 0.494 e. The van der Waals surface area contributed by atoms with E-state index in [2.05, 4.69) is 29.8 Å². The summed E-state index contributed by atoms with van der Waals surface area (Å²) in [5.41, 5.74) is 2.55. The van der Waals surface area contributed by atoms with Crippen LogP contribution in [0, 0.1) is 5.92 Å². The number of thiocarbonyl (C=S) groups is 1. The maximum atomic E-state index is 12.6. The lowest BCUT2D eigenvalue weighted by atomic mass is 10.1. The molecule has 0 saturated heterocycles. The first-order chi connectivity index (χ1) is 16.4. The van der Waals surface area contributed by atoms with Crippen molar-refractivity contribution in [3.05, 3.63) is 95.6 Å². The minimum Gasteiger partial charge on any atom is -0.494 e. The third-order valence-corrected chi connectivity index (χ3v) is 5.17. The monoisotopic (exact) mass is 475 g/mol. The third kappa shape index (κ3) is 8.01. The van der Waals surface area contributed by atoms with Crippen molar-refractivity contribution in [1.82, 2.24) is 10.6 Å². The molecule has 0 saturated carbocycles. The van der Waals surface area contributed by atoms with Gasteiger partial charge >= 0.3 is 0 Å². The molecule has 0 aliphatic carbocycles. The highest BCUT2D eigenvalue weighted by Crippen LogP contribution is 2.15. The van der Waals surface area contributed by atoms with Crippen LogP contribution < -0.4 is 20.7 Å². The molecule has 7 heteroatoms. The summed E-state index contributed by atoms with van der Waals surface area (Å²) in [4.78, 5) is 25.1. The molecule has 3 aromatic rings. The second kappa shape index (κ2) is 12.5. The third-order valence-electron chi connectivity index (χ3n) is 4.97. The van der Waals surface area contributed by atoms with Gasteiger partial charge in [-0.25, -0.2) is 0 Å². The van der Waals surface area contributed by atoms with Crippen molar-refractivity contribution in [3.8, 4) is 5.75 Å². The van der Waals surface area contributed by atoms with Crippen LogP contribution in [0.5, 0.6) is 5.75 Å². The van der Waals surface area contributed by atoms with Crippen molar-refractivity contribution in [2.24, 2.45) is 5.92 Å². The van der Waals surface area contributed by atoms with Crippen LogP contribution in [0.1, 0.15) is 46.5 Å². The van der Waals surface area contributed by atoms with E-state index in [1.807, 2.05) is 36.4 Å². The van der Waals surface area contributed by atoms with Crippen molar-refractivity contribution < 1.29 is 14.3 Å². The van der Waals surface area contributed by atoms with Gasteiger partial charge in [-0.15, -0.1) is 0 Å². The summed E-state index contributed by atoms with van der Waals surface area (Å²) < 4.78 is 5.73. The Morgan fingerprint density at radius 3 is 2.32 bits per heavy atom. The van der Waals surface area contributed by atoms with Crippen LogP contribution in [0.25, 0.3) is 0 Å². The van der Waals surface area contributed by atoms with Gasteiger partial charge in [0.25, 0.3) is 11.8 Å². The molecule has 0 radical (unpaired) electrons. The van der Waals surface area contributed by atoms with E-state index >= 15 is 0 Å². The van der Waals surface area contributed by atoms with E-state index in [0.717, 1.165) is 12.0 Å². The standard InChI is InChI=1S/C27H29N3O3S/c1-19(2)14-15-33-24-13-7-11-22(17-24)26(32)30-27(34)29-23-12-6-10-21(16-23)25(31)28-18-20-8-4-3-5-9-20/h3-13,16-17,19H,14-15,18H2,1-2H3,(H,28,31)(H2,29,30,32,34). The molecule has 6 nitrogen and oxygen atoms in total. The zero-order valence-electron chi connectivity index (χ0n) is 19.3. The van der Waals surface area contributed by atoms with Gasteiger partial charge in [-0.2, -0.15) is 0 Å². The fourth-order valence-corrected chi connectivity index (χ4v) is 3.31. The Kier molecular flexibility index (Phi) is 9.17. The lowest BCUT2D eigenvalue weighted by Gasteiger charge is -2.12. The number of anilines is 1. The quantitative estimate of drug-likeness (QED) is 0.372.